The molecule has 0 amide bonds. The standard InChI is InChI=1S/C18H16FNO4/c19-13-5-1-11(2-6-13)9-15(17(21)22)16(18(23)24)10-12-3-7-14(20)8-4-12/h1-9,16H,10,20H2,(H,21,22)(H,23,24)/b15-9+. The van der Waals surface area contributed by atoms with Crippen molar-refractivity contribution in [3.05, 3.63) is 71.0 Å². The molecule has 124 valence electrons. The van der Waals surface area contributed by atoms with Gasteiger partial charge < -0.3 is 15.9 Å². The summed E-state index contributed by atoms with van der Waals surface area (Å²) in [5.74, 6) is -4.28. The highest BCUT2D eigenvalue weighted by Gasteiger charge is 2.27. The maximum Gasteiger partial charge on any atom is 0.332 e. The third-order valence-electron chi connectivity index (χ3n) is 3.53. The summed E-state index contributed by atoms with van der Waals surface area (Å²) in [5.41, 5.74) is 6.92. The summed E-state index contributed by atoms with van der Waals surface area (Å²) in [4.78, 5) is 23.1. The van der Waals surface area contributed by atoms with Crippen LogP contribution in [0.2, 0.25) is 0 Å². The number of aliphatic carboxylic acids is 2. The maximum atomic E-state index is 12.9. The van der Waals surface area contributed by atoms with E-state index >= 15 is 0 Å². The molecule has 0 aliphatic heterocycles. The number of benzene rings is 2. The van der Waals surface area contributed by atoms with Crippen LogP contribution in [0.25, 0.3) is 6.08 Å². The van der Waals surface area contributed by atoms with E-state index in [0.717, 1.165) is 0 Å². The molecular formula is C18H16FNO4. The summed E-state index contributed by atoms with van der Waals surface area (Å²) in [6.45, 7) is 0. The van der Waals surface area contributed by atoms with Crippen molar-refractivity contribution in [2.45, 2.75) is 6.42 Å². The van der Waals surface area contributed by atoms with Crippen molar-refractivity contribution in [2.75, 3.05) is 5.73 Å². The Bertz CT molecular complexity index is 767. The van der Waals surface area contributed by atoms with Gasteiger partial charge >= 0.3 is 11.9 Å². The smallest absolute Gasteiger partial charge is 0.332 e. The van der Waals surface area contributed by atoms with Crippen LogP contribution < -0.4 is 5.73 Å². The van der Waals surface area contributed by atoms with Crippen molar-refractivity contribution in [1.29, 1.82) is 0 Å². The molecule has 0 aliphatic carbocycles. The minimum Gasteiger partial charge on any atom is -0.481 e. The van der Waals surface area contributed by atoms with E-state index < -0.39 is 23.7 Å². The van der Waals surface area contributed by atoms with E-state index in [0.29, 0.717) is 16.8 Å². The Labute approximate surface area is 137 Å². The lowest BCUT2D eigenvalue weighted by atomic mass is 9.90. The van der Waals surface area contributed by atoms with E-state index in [1.807, 2.05) is 0 Å². The molecule has 4 N–H and O–H groups in total. The van der Waals surface area contributed by atoms with Gasteiger partial charge in [0.15, 0.2) is 0 Å². The fourth-order valence-electron chi connectivity index (χ4n) is 2.27. The van der Waals surface area contributed by atoms with Gasteiger partial charge in [-0.15, -0.1) is 0 Å². The maximum absolute atomic E-state index is 12.9. The number of nitrogens with two attached hydrogens (primary N) is 1. The van der Waals surface area contributed by atoms with Crippen LogP contribution in [0.15, 0.2) is 54.1 Å². The minimum absolute atomic E-state index is 0.00887. The number of rotatable bonds is 6. The molecule has 0 fully saturated rings. The molecule has 0 saturated heterocycles. The number of carboxylic acid groups (broad SMARTS) is 2. The van der Waals surface area contributed by atoms with Crippen molar-refractivity contribution in [3.63, 3.8) is 0 Å². The molecule has 0 saturated carbocycles. The fraction of sp³-hybridized carbons (Fsp3) is 0.111. The second-order valence-electron chi connectivity index (χ2n) is 5.29. The molecule has 6 heteroatoms. The van der Waals surface area contributed by atoms with Crippen LogP contribution in [-0.4, -0.2) is 22.2 Å². The predicted molar refractivity (Wildman–Crippen MR) is 87.7 cm³/mol. The molecular weight excluding hydrogens is 313 g/mol. The van der Waals surface area contributed by atoms with Crippen LogP contribution in [0.1, 0.15) is 11.1 Å². The van der Waals surface area contributed by atoms with E-state index in [-0.39, 0.29) is 12.0 Å². The number of nitrogen functional groups attached to an aromatic ring is 1. The van der Waals surface area contributed by atoms with Crippen LogP contribution in [-0.2, 0) is 16.0 Å². The molecule has 0 aromatic heterocycles. The zero-order valence-corrected chi connectivity index (χ0v) is 12.6. The van der Waals surface area contributed by atoms with Gasteiger partial charge in [0.2, 0.25) is 0 Å². The number of hydrogen-bond donors (Lipinski definition) is 3. The minimum atomic E-state index is -1.33. The molecule has 24 heavy (non-hydrogen) atoms. The second kappa shape index (κ2) is 7.41. The van der Waals surface area contributed by atoms with Gasteiger partial charge in [0, 0.05) is 5.69 Å². The Morgan fingerprint density at radius 1 is 1.04 bits per heavy atom. The van der Waals surface area contributed by atoms with Crippen molar-refractivity contribution in [2.24, 2.45) is 5.92 Å². The Hall–Kier alpha value is -3.15. The third-order valence-corrected chi connectivity index (χ3v) is 3.53. The van der Waals surface area contributed by atoms with Crippen molar-refractivity contribution >= 4 is 23.7 Å². The van der Waals surface area contributed by atoms with Gasteiger partial charge in [0.05, 0.1) is 11.5 Å². The Morgan fingerprint density at radius 2 is 1.62 bits per heavy atom. The Morgan fingerprint density at radius 3 is 2.12 bits per heavy atom. The molecule has 1 atom stereocenters. The highest BCUT2D eigenvalue weighted by atomic mass is 19.1. The second-order valence-corrected chi connectivity index (χ2v) is 5.29. The zero-order chi connectivity index (χ0) is 17.7. The number of halogens is 1. The van der Waals surface area contributed by atoms with Crippen molar-refractivity contribution in [1.82, 2.24) is 0 Å². The van der Waals surface area contributed by atoms with E-state index in [1.165, 1.54) is 30.3 Å². The molecule has 0 spiro atoms. The normalized spacial score (nSPS) is 12.6. The summed E-state index contributed by atoms with van der Waals surface area (Å²) in [7, 11) is 0. The highest BCUT2D eigenvalue weighted by Crippen LogP contribution is 2.22. The first kappa shape index (κ1) is 17.2. The summed E-state index contributed by atoms with van der Waals surface area (Å²) >= 11 is 0. The van der Waals surface area contributed by atoms with Crippen LogP contribution >= 0.6 is 0 Å². The first-order chi connectivity index (χ1) is 11.4. The average molecular weight is 329 g/mol. The lowest BCUT2D eigenvalue weighted by Gasteiger charge is -2.14. The van der Waals surface area contributed by atoms with Gasteiger partial charge in [-0.2, -0.15) is 0 Å². The number of carbonyl (C=O) groups is 2. The zero-order valence-electron chi connectivity index (χ0n) is 12.6. The van der Waals surface area contributed by atoms with Crippen LogP contribution in [0.3, 0.4) is 0 Å². The summed E-state index contributed by atoms with van der Waals surface area (Å²) in [6, 6.07) is 11.7. The van der Waals surface area contributed by atoms with E-state index in [4.69, 9.17) is 5.73 Å². The summed E-state index contributed by atoms with van der Waals surface area (Å²) in [6.07, 6.45) is 1.26. The molecule has 2 rings (SSSR count). The van der Waals surface area contributed by atoms with Gasteiger partial charge in [0.25, 0.3) is 0 Å². The van der Waals surface area contributed by atoms with E-state index in [1.54, 1.807) is 24.3 Å². The van der Waals surface area contributed by atoms with Gasteiger partial charge in [-0.25, -0.2) is 9.18 Å². The Kier molecular flexibility index (Phi) is 5.31. The summed E-state index contributed by atoms with van der Waals surface area (Å²) < 4.78 is 12.9. The van der Waals surface area contributed by atoms with Gasteiger partial charge in [0.1, 0.15) is 5.82 Å². The molecule has 0 heterocycles. The number of hydrogen-bond acceptors (Lipinski definition) is 3. The molecule has 5 nitrogen and oxygen atoms in total. The van der Waals surface area contributed by atoms with Gasteiger partial charge in [-0.1, -0.05) is 24.3 Å². The SMILES string of the molecule is Nc1ccc(CC(C(=O)O)/C(=C\c2ccc(F)cc2)C(=O)O)cc1. The average Bonchev–Trinajstić information content (AvgIpc) is 2.54. The van der Waals surface area contributed by atoms with Crippen molar-refractivity contribution in [3.8, 4) is 0 Å². The van der Waals surface area contributed by atoms with E-state index in [9.17, 15) is 24.2 Å². The van der Waals surface area contributed by atoms with E-state index in [2.05, 4.69) is 0 Å². The van der Waals surface area contributed by atoms with Gasteiger partial charge in [-0.05, 0) is 47.9 Å². The number of carboxylic acids is 2. The topological polar surface area (TPSA) is 101 Å². The van der Waals surface area contributed by atoms with Crippen LogP contribution in [0.5, 0.6) is 0 Å². The molecule has 2 aromatic carbocycles. The fourth-order valence-corrected chi connectivity index (χ4v) is 2.27. The largest absolute Gasteiger partial charge is 0.481 e. The lowest BCUT2D eigenvalue weighted by molar-refractivity contribution is -0.143. The summed E-state index contributed by atoms with van der Waals surface area (Å²) in [5, 5.41) is 18.8. The number of anilines is 1. The highest BCUT2D eigenvalue weighted by molar-refractivity contribution is 5.98. The van der Waals surface area contributed by atoms with Crippen LogP contribution in [0, 0.1) is 11.7 Å². The molecule has 0 radical (unpaired) electrons. The first-order valence-electron chi connectivity index (χ1n) is 7.14. The van der Waals surface area contributed by atoms with Gasteiger partial charge in [-0.3, -0.25) is 4.79 Å². The molecule has 0 bridgehead atoms. The monoisotopic (exact) mass is 329 g/mol. The third kappa shape index (κ3) is 4.42. The first-order valence-corrected chi connectivity index (χ1v) is 7.14. The van der Waals surface area contributed by atoms with Crippen molar-refractivity contribution < 1.29 is 24.2 Å². The predicted octanol–water partition coefficient (Wildman–Crippen LogP) is 2.82. The lowest BCUT2D eigenvalue weighted by Crippen LogP contribution is -2.23. The molecule has 0 aliphatic rings. The quantitative estimate of drug-likeness (QED) is 0.559. The molecule has 2 aromatic rings. The molecule has 1 unspecified atom stereocenters. The Balaban J connectivity index is 2.36. The van der Waals surface area contributed by atoms with Crippen LogP contribution in [0.4, 0.5) is 10.1 Å².